The third-order valence-corrected chi connectivity index (χ3v) is 3.32. The number of rotatable bonds is 3. The largest absolute Gasteiger partial charge is 0.467 e. The Hall–Kier alpha value is -1.07. The SMILES string of the molecule is COc1ncc(Cl)c(N2CCCCC2CN)n1. The Kier molecular flexibility index (Phi) is 4.02. The fraction of sp³-hybridized carbons (Fsp3) is 0.636. The maximum atomic E-state index is 6.15. The van der Waals surface area contributed by atoms with Gasteiger partial charge in [0.15, 0.2) is 5.82 Å². The first-order valence-corrected chi connectivity index (χ1v) is 6.17. The van der Waals surface area contributed by atoms with Crippen molar-refractivity contribution >= 4 is 17.4 Å². The summed E-state index contributed by atoms with van der Waals surface area (Å²) in [6, 6.07) is 0.645. The van der Waals surface area contributed by atoms with Gasteiger partial charge in [0.25, 0.3) is 0 Å². The van der Waals surface area contributed by atoms with Crippen LogP contribution in [0.3, 0.4) is 0 Å². The van der Waals surface area contributed by atoms with E-state index >= 15 is 0 Å². The number of nitrogens with two attached hydrogens (primary N) is 1. The van der Waals surface area contributed by atoms with Crippen molar-refractivity contribution in [2.45, 2.75) is 25.3 Å². The van der Waals surface area contributed by atoms with Gasteiger partial charge in [-0.1, -0.05) is 11.6 Å². The Morgan fingerprint density at radius 3 is 3.12 bits per heavy atom. The third kappa shape index (κ3) is 2.61. The molecule has 2 rings (SSSR count). The summed E-state index contributed by atoms with van der Waals surface area (Å²) in [5.41, 5.74) is 5.79. The standard InChI is InChI=1S/C11H17ClN4O/c1-17-11-14-7-9(12)10(15-11)16-5-3-2-4-8(16)6-13/h7-8H,2-6,13H2,1H3. The van der Waals surface area contributed by atoms with Gasteiger partial charge in [0, 0.05) is 19.1 Å². The van der Waals surface area contributed by atoms with Crippen molar-refractivity contribution in [3.8, 4) is 6.01 Å². The first kappa shape index (κ1) is 12.4. The molecule has 0 aliphatic carbocycles. The Bertz CT molecular complexity index is 388. The van der Waals surface area contributed by atoms with Crippen molar-refractivity contribution in [2.75, 3.05) is 25.1 Å². The number of piperidine rings is 1. The maximum absolute atomic E-state index is 6.15. The van der Waals surface area contributed by atoms with Gasteiger partial charge in [0.05, 0.1) is 13.3 Å². The molecule has 0 bridgehead atoms. The number of hydrogen-bond acceptors (Lipinski definition) is 5. The summed E-state index contributed by atoms with van der Waals surface area (Å²) in [5, 5.41) is 0.547. The number of anilines is 1. The molecule has 1 aromatic rings. The molecule has 1 atom stereocenters. The van der Waals surface area contributed by atoms with Gasteiger partial charge in [0.1, 0.15) is 5.02 Å². The molecule has 2 N–H and O–H groups in total. The van der Waals surface area contributed by atoms with E-state index in [4.69, 9.17) is 22.1 Å². The molecule has 0 saturated carbocycles. The number of nitrogens with zero attached hydrogens (tertiary/aromatic N) is 3. The Morgan fingerprint density at radius 2 is 2.41 bits per heavy atom. The second kappa shape index (κ2) is 5.51. The van der Waals surface area contributed by atoms with Crippen molar-refractivity contribution in [3.63, 3.8) is 0 Å². The molecule has 1 aliphatic heterocycles. The van der Waals surface area contributed by atoms with Gasteiger partial charge in [0.2, 0.25) is 0 Å². The number of aromatic nitrogens is 2. The first-order valence-electron chi connectivity index (χ1n) is 5.79. The van der Waals surface area contributed by atoms with E-state index in [1.54, 1.807) is 13.3 Å². The van der Waals surface area contributed by atoms with Gasteiger partial charge in [-0.3, -0.25) is 0 Å². The zero-order valence-electron chi connectivity index (χ0n) is 9.90. The van der Waals surface area contributed by atoms with Crippen LogP contribution < -0.4 is 15.4 Å². The molecule has 0 radical (unpaired) electrons. The van der Waals surface area contributed by atoms with Gasteiger partial charge in [-0.2, -0.15) is 4.98 Å². The minimum atomic E-state index is 0.306. The average Bonchev–Trinajstić information content (AvgIpc) is 2.39. The van der Waals surface area contributed by atoms with E-state index in [2.05, 4.69) is 14.9 Å². The minimum absolute atomic E-state index is 0.306. The lowest BCUT2D eigenvalue weighted by atomic mass is 10.0. The van der Waals surface area contributed by atoms with E-state index in [-0.39, 0.29) is 0 Å². The van der Waals surface area contributed by atoms with Crippen molar-refractivity contribution in [1.82, 2.24) is 9.97 Å². The lowest BCUT2D eigenvalue weighted by Crippen LogP contribution is -2.44. The topological polar surface area (TPSA) is 64.3 Å². The number of halogens is 1. The molecule has 0 amide bonds. The van der Waals surface area contributed by atoms with Crippen LogP contribution in [0, 0.1) is 0 Å². The molecule has 1 fully saturated rings. The van der Waals surface area contributed by atoms with Crippen LogP contribution in [0.1, 0.15) is 19.3 Å². The van der Waals surface area contributed by atoms with Crippen molar-refractivity contribution in [2.24, 2.45) is 5.73 Å². The highest BCUT2D eigenvalue weighted by molar-refractivity contribution is 6.32. The summed E-state index contributed by atoms with van der Waals surface area (Å²) in [6.45, 7) is 1.55. The van der Waals surface area contributed by atoms with Crippen LogP contribution in [0.4, 0.5) is 5.82 Å². The summed E-state index contributed by atoms with van der Waals surface area (Å²) < 4.78 is 5.03. The lowest BCUT2D eigenvalue weighted by molar-refractivity contribution is 0.377. The number of hydrogen-bond donors (Lipinski definition) is 1. The second-order valence-electron chi connectivity index (χ2n) is 4.11. The molecule has 17 heavy (non-hydrogen) atoms. The summed E-state index contributed by atoms with van der Waals surface area (Å²) in [7, 11) is 1.55. The molecule has 2 heterocycles. The Morgan fingerprint density at radius 1 is 1.59 bits per heavy atom. The first-order chi connectivity index (χ1) is 8.26. The molecule has 6 heteroatoms. The van der Waals surface area contributed by atoms with Crippen LogP contribution in [-0.4, -0.2) is 36.2 Å². The molecule has 94 valence electrons. The highest BCUT2D eigenvalue weighted by atomic mass is 35.5. The molecule has 5 nitrogen and oxygen atoms in total. The minimum Gasteiger partial charge on any atom is -0.467 e. The van der Waals surface area contributed by atoms with Crippen molar-refractivity contribution < 1.29 is 4.74 Å². The summed E-state index contributed by atoms with van der Waals surface area (Å²) in [5.74, 6) is 0.730. The van der Waals surface area contributed by atoms with E-state index < -0.39 is 0 Å². The van der Waals surface area contributed by atoms with Crippen molar-refractivity contribution in [3.05, 3.63) is 11.2 Å². The molecule has 1 aliphatic rings. The lowest BCUT2D eigenvalue weighted by Gasteiger charge is -2.36. The molecular weight excluding hydrogens is 240 g/mol. The molecule has 1 unspecified atom stereocenters. The second-order valence-corrected chi connectivity index (χ2v) is 4.51. The summed E-state index contributed by atoms with van der Waals surface area (Å²) in [6.07, 6.45) is 5.00. The van der Waals surface area contributed by atoms with Gasteiger partial charge in [-0.25, -0.2) is 4.98 Å². The molecule has 0 aromatic carbocycles. The Labute approximate surface area is 106 Å². The van der Waals surface area contributed by atoms with Crippen LogP contribution in [0.15, 0.2) is 6.20 Å². The summed E-state index contributed by atoms with van der Waals surface area (Å²) in [4.78, 5) is 10.5. The van der Waals surface area contributed by atoms with Crippen LogP contribution in [-0.2, 0) is 0 Å². The Balaban J connectivity index is 2.30. The van der Waals surface area contributed by atoms with E-state index in [0.717, 1.165) is 25.2 Å². The van der Waals surface area contributed by atoms with Crippen LogP contribution in [0.5, 0.6) is 6.01 Å². The quantitative estimate of drug-likeness (QED) is 0.887. The van der Waals surface area contributed by atoms with Gasteiger partial charge in [-0.15, -0.1) is 0 Å². The molecule has 0 spiro atoms. The number of methoxy groups -OCH3 is 1. The van der Waals surface area contributed by atoms with E-state index in [1.165, 1.54) is 6.42 Å². The number of ether oxygens (including phenoxy) is 1. The fourth-order valence-electron chi connectivity index (χ4n) is 2.17. The molecular formula is C11H17ClN4O. The fourth-order valence-corrected chi connectivity index (χ4v) is 2.37. The predicted molar refractivity (Wildman–Crippen MR) is 67.6 cm³/mol. The van der Waals surface area contributed by atoms with Gasteiger partial charge < -0.3 is 15.4 Å². The summed E-state index contributed by atoms with van der Waals surface area (Å²) >= 11 is 6.15. The van der Waals surface area contributed by atoms with Crippen LogP contribution in [0.25, 0.3) is 0 Å². The van der Waals surface area contributed by atoms with E-state index in [1.807, 2.05) is 0 Å². The van der Waals surface area contributed by atoms with Gasteiger partial charge in [-0.05, 0) is 19.3 Å². The van der Waals surface area contributed by atoms with Crippen LogP contribution in [0.2, 0.25) is 5.02 Å². The maximum Gasteiger partial charge on any atom is 0.318 e. The van der Waals surface area contributed by atoms with Gasteiger partial charge >= 0.3 is 6.01 Å². The normalized spacial score (nSPS) is 20.4. The average molecular weight is 257 g/mol. The van der Waals surface area contributed by atoms with E-state index in [9.17, 15) is 0 Å². The highest BCUT2D eigenvalue weighted by Gasteiger charge is 2.24. The smallest absolute Gasteiger partial charge is 0.318 e. The monoisotopic (exact) mass is 256 g/mol. The third-order valence-electron chi connectivity index (χ3n) is 3.06. The van der Waals surface area contributed by atoms with Crippen molar-refractivity contribution in [1.29, 1.82) is 0 Å². The highest BCUT2D eigenvalue weighted by Crippen LogP contribution is 2.29. The van der Waals surface area contributed by atoms with E-state index in [0.29, 0.717) is 23.6 Å². The zero-order chi connectivity index (χ0) is 12.3. The molecule has 1 saturated heterocycles. The zero-order valence-corrected chi connectivity index (χ0v) is 10.7. The van der Waals surface area contributed by atoms with Crippen LogP contribution >= 0.6 is 11.6 Å². The predicted octanol–water partition coefficient (Wildman–Crippen LogP) is 1.46. The molecule has 1 aromatic heterocycles.